The van der Waals surface area contributed by atoms with Gasteiger partial charge in [-0.2, -0.15) is 0 Å². The molecule has 1 aromatic heterocycles. The van der Waals surface area contributed by atoms with Crippen molar-refractivity contribution in [3.63, 3.8) is 0 Å². The highest BCUT2D eigenvalue weighted by Gasteiger charge is 1.93. The summed E-state index contributed by atoms with van der Waals surface area (Å²) in [7, 11) is 0. The zero-order valence-electron chi connectivity index (χ0n) is 7.88. The van der Waals surface area contributed by atoms with Crippen molar-refractivity contribution in [3.8, 4) is 0 Å². The van der Waals surface area contributed by atoms with Crippen LogP contribution in [0.4, 0.5) is 0 Å². The third-order valence-electron chi connectivity index (χ3n) is 2.04. The lowest BCUT2D eigenvalue weighted by Gasteiger charge is -1.99. The standard InChI is InChI=1S/C11H16BrN/c12-9-5-2-1-3-7-11-8-4-6-10-13-11/h4,6,8,10H,1-3,5,7,9H2. The summed E-state index contributed by atoms with van der Waals surface area (Å²) in [4.78, 5) is 4.29. The average molecular weight is 242 g/mol. The minimum Gasteiger partial charge on any atom is -0.261 e. The number of halogens is 1. The molecule has 0 aliphatic carbocycles. The molecule has 0 atom stereocenters. The Hall–Kier alpha value is -0.370. The van der Waals surface area contributed by atoms with Gasteiger partial charge in [0.15, 0.2) is 0 Å². The quantitative estimate of drug-likeness (QED) is 0.548. The highest BCUT2D eigenvalue weighted by Crippen LogP contribution is 2.06. The number of aryl methyl sites for hydroxylation is 1. The van der Waals surface area contributed by atoms with E-state index in [1.165, 1.54) is 31.4 Å². The Morgan fingerprint density at radius 2 is 1.92 bits per heavy atom. The Balaban J connectivity index is 2.07. The van der Waals surface area contributed by atoms with Crippen LogP contribution in [0.5, 0.6) is 0 Å². The zero-order valence-corrected chi connectivity index (χ0v) is 9.46. The molecule has 0 saturated heterocycles. The first-order chi connectivity index (χ1) is 6.43. The molecule has 0 spiro atoms. The van der Waals surface area contributed by atoms with Crippen LogP contribution in [0, 0.1) is 0 Å². The molecule has 0 bridgehead atoms. The van der Waals surface area contributed by atoms with E-state index in [1.54, 1.807) is 0 Å². The van der Waals surface area contributed by atoms with Gasteiger partial charge >= 0.3 is 0 Å². The number of hydrogen-bond donors (Lipinski definition) is 0. The first kappa shape index (κ1) is 10.7. The molecule has 0 fully saturated rings. The summed E-state index contributed by atoms with van der Waals surface area (Å²) in [5.41, 5.74) is 1.22. The largest absolute Gasteiger partial charge is 0.261 e. The molecule has 1 rings (SSSR count). The summed E-state index contributed by atoms with van der Waals surface area (Å²) in [5.74, 6) is 0. The number of rotatable bonds is 6. The number of alkyl halides is 1. The van der Waals surface area contributed by atoms with E-state index in [0.717, 1.165) is 11.8 Å². The van der Waals surface area contributed by atoms with Crippen LogP contribution >= 0.6 is 15.9 Å². The van der Waals surface area contributed by atoms with Crippen molar-refractivity contribution in [1.29, 1.82) is 0 Å². The summed E-state index contributed by atoms with van der Waals surface area (Å²) in [5, 5.41) is 1.14. The van der Waals surface area contributed by atoms with Crippen LogP contribution in [0.3, 0.4) is 0 Å². The molecule has 0 saturated carbocycles. The SMILES string of the molecule is BrCCCCCCc1ccccn1. The van der Waals surface area contributed by atoms with Crippen LogP contribution in [0.2, 0.25) is 0 Å². The van der Waals surface area contributed by atoms with E-state index in [4.69, 9.17) is 0 Å². The molecule has 0 aromatic carbocycles. The molecule has 13 heavy (non-hydrogen) atoms. The topological polar surface area (TPSA) is 12.9 Å². The van der Waals surface area contributed by atoms with Gasteiger partial charge in [0.2, 0.25) is 0 Å². The van der Waals surface area contributed by atoms with E-state index in [-0.39, 0.29) is 0 Å². The normalized spacial score (nSPS) is 10.2. The maximum Gasteiger partial charge on any atom is 0.0403 e. The van der Waals surface area contributed by atoms with Crippen LogP contribution in [0.25, 0.3) is 0 Å². The van der Waals surface area contributed by atoms with Crippen LogP contribution in [0.1, 0.15) is 31.4 Å². The van der Waals surface area contributed by atoms with E-state index in [0.29, 0.717) is 0 Å². The molecule has 1 heterocycles. The van der Waals surface area contributed by atoms with Crippen LogP contribution in [-0.4, -0.2) is 10.3 Å². The van der Waals surface area contributed by atoms with E-state index in [1.807, 2.05) is 12.3 Å². The maximum absolute atomic E-state index is 4.29. The molecule has 0 radical (unpaired) electrons. The lowest BCUT2D eigenvalue weighted by molar-refractivity contribution is 0.665. The van der Waals surface area contributed by atoms with Gasteiger partial charge in [-0.15, -0.1) is 0 Å². The molecule has 72 valence electrons. The van der Waals surface area contributed by atoms with Crippen LogP contribution in [0.15, 0.2) is 24.4 Å². The number of unbranched alkanes of at least 4 members (excludes halogenated alkanes) is 3. The second-order valence-electron chi connectivity index (χ2n) is 3.17. The van der Waals surface area contributed by atoms with Crippen molar-refractivity contribution in [1.82, 2.24) is 4.98 Å². The Bertz CT molecular complexity index is 211. The van der Waals surface area contributed by atoms with Gasteiger partial charge in [0.25, 0.3) is 0 Å². The highest BCUT2D eigenvalue weighted by molar-refractivity contribution is 9.09. The minimum atomic E-state index is 1.13. The lowest BCUT2D eigenvalue weighted by Crippen LogP contribution is -1.89. The predicted molar refractivity (Wildman–Crippen MR) is 60.2 cm³/mol. The number of nitrogens with zero attached hydrogens (tertiary/aromatic N) is 1. The van der Waals surface area contributed by atoms with E-state index in [2.05, 4.69) is 33.0 Å². The summed E-state index contributed by atoms with van der Waals surface area (Å²) in [6.07, 6.45) is 8.21. The third-order valence-corrected chi connectivity index (χ3v) is 2.60. The van der Waals surface area contributed by atoms with Gasteiger partial charge in [0.05, 0.1) is 0 Å². The molecule has 1 aromatic rings. The first-order valence-electron chi connectivity index (χ1n) is 4.89. The lowest BCUT2D eigenvalue weighted by atomic mass is 10.1. The molecule has 0 amide bonds. The van der Waals surface area contributed by atoms with Crippen LogP contribution in [-0.2, 0) is 6.42 Å². The fourth-order valence-corrected chi connectivity index (χ4v) is 1.70. The number of hydrogen-bond acceptors (Lipinski definition) is 1. The Labute approximate surface area is 88.7 Å². The smallest absolute Gasteiger partial charge is 0.0403 e. The fourth-order valence-electron chi connectivity index (χ4n) is 1.30. The number of pyridine rings is 1. The molecule has 0 N–H and O–H groups in total. The average Bonchev–Trinajstić information content (AvgIpc) is 2.19. The first-order valence-corrected chi connectivity index (χ1v) is 6.01. The van der Waals surface area contributed by atoms with Gasteiger partial charge in [0, 0.05) is 17.2 Å². The Morgan fingerprint density at radius 1 is 1.08 bits per heavy atom. The predicted octanol–water partition coefficient (Wildman–Crippen LogP) is 3.58. The molecule has 0 aliphatic heterocycles. The minimum absolute atomic E-state index is 1.13. The van der Waals surface area contributed by atoms with Crippen molar-refractivity contribution in [2.24, 2.45) is 0 Å². The highest BCUT2D eigenvalue weighted by atomic mass is 79.9. The second kappa shape index (κ2) is 7.07. The van der Waals surface area contributed by atoms with Gasteiger partial charge in [-0.1, -0.05) is 34.8 Å². The molecule has 0 aliphatic rings. The van der Waals surface area contributed by atoms with Crippen molar-refractivity contribution < 1.29 is 0 Å². The van der Waals surface area contributed by atoms with Crippen molar-refractivity contribution in [2.75, 3.05) is 5.33 Å². The third kappa shape index (κ3) is 5.04. The number of aromatic nitrogens is 1. The van der Waals surface area contributed by atoms with Crippen molar-refractivity contribution >= 4 is 15.9 Å². The van der Waals surface area contributed by atoms with E-state index < -0.39 is 0 Å². The monoisotopic (exact) mass is 241 g/mol. The van der Waals surface area contributed by atoms with Gasteiger partial charge in [-0.25, -0.2) is 0 Å². The summed E-state index contributed by atoms with van der Waals surface area (Å²) in [6, 6.07) is 6.12. The molecule has 1 nitrogen and oxygen atoms in total. The summed E-state index contributed by atoms with van der Waals surface area (Å²) in [6.45, 7) is 0. The maximum atomic E-state index is 4.29. The Morgan fingerprint density at radius 3 is 2.62 bits per heavy atom. The zero-order chi connectivity index (χ0) is 9.36. The van der Waals surface area contributed by atoms with Crippen molar-refractivity contribution in [3.05, 3.63) is 30.1 Å². The molecule has 2 heteroatoms. The fraction of sp³-hybridized carbons (Fsp3) is 0.545. The molecular weight excluding hydrogens is 226 g/mol. The molecular formula is C11H16BrN. The van der Waals surface area contributed by atoms with Gasteiger partial charge in [-0.3, -0.25) is 4.98 Å². The van der Waals surface area contributed by atoms with Gasteiger partial charge in [0.1, 0.15) is 0 Å². The van der Waals surface area contributed by atoms with Gasteiger partial charge in [-0.05, 0) is 31.4 Å². The Kier molecular flexibility index (Phi) is 5.83. The van der Waals surface area contributed by atoms with Crippen molar-refractivity contribution in [2.45, 2.75) is 32.1 Å². The van der Waals surface area contributed by atoms with Gasteiger partial charge < -0.3 is 0 Å². The second-order valence-corrected chi connectivity index (χ2v) is 3.97. The molecule has 0 unspecified atom stereocenters. The summed E-state index contributed by atoms with van der Waals surface area (Å²) >= 11 is 3.43. The van der Waals surface area contributed by atoms with E-state index in [9.17, 15) is 0 Å². The summed E-state index contributed by atoms with van der Waals surface area (Å²) < 4.78 is 0. The van der Waals surface area contributed by atoms with Crippen LogP contribution < -0.4 is 0 Å². The van der Waals surface area contributed by atoms with E-state index >= 15 is 0 Å².